The second kappa shape index (κ2) is 7.42. The molecule has 9 rings (SSSR count). The highest BCUT2D eigenvalue weighted by atomic mass is 31.1. The van der Waals surface area contributed by atoms with Crippen molar-refractivity contribution < 1.29 is 0 Å². The van der Waals surface area contributed by atoms with Gasteiger partial charge in [-0.2, -0.15) is 0 Å². The van der Waals surface area contributed by atoms with E-state index in [1.54, 1.807) is 0 Å². The molecule has 0 unspecified atom stereocenters. The maximum absolute atomic E-state index is 4.12. The number of hydrogen-bond acceptors (Lipinski definition) is 8. The van der Waals surface area contributed by atoms with Crippen LogP contribution < -0.4 is 15.9 Å². The van der Waals surface area contributed by atoms with Gasteiger partial charge in [0.15, 0.2) is 0 Å². The highest BCUT2D eigenvalue weighted by Crippen LogP contribution is 2.37. The predicted octanol–water partition coefficient (Wildman–Crippen LogP) is -0.996. The summed E-state index contributed by atoms with van der Waals surface area (Å²) in [6.45, 7) is 14.1. The Hall–Kier alpha value is -0.670. The molecule has 8 aliphatic heterocycles. The smallest absolute Gasteiger partial charge is 0.0571 e. The van der Waals surface area contributed by atoms with Gasteiger partial charge in [0.2, 0.25) is 0 Å². The molecule has 0 aliphatic carbocycles. The van der Waals surface area contributed by atoms with Gasteiger partial charge < -0.3 is 10.6 Å². The molecule has 0 aromatic heterocycles. The zero-order valence-corrected chi connectivity index (χ0v) is 19.3. The number of nitrogens with one attached hydrogen (secondary N) is 2. The fourth-order valence-corrected chi connectivity index (χ4v) is 9.30. The lowest BCUT2D eigenvalue weighted by Gasteiger charge is -2.61. The molecular weight excluding hydrogens is 407 g/mol. The third kappa shape index (κ3) is 3.66. The van der Waals surface area contributed by atoms with Crippen LogP contribution in [0.4, 0.5) is 0 Å². The van der Waals surface area contributed by atoms with Crippen LogP contribution in [0, 0.1) is 0 Å². The molecule has 0 radical (unpaired) electrons. The van der Waals surface area contributed by atoms with Crippen LogP contribution in [-0.2, 0) is 0 Å². The summed E-state index contributed by atoms with van der Waals surface area (Å²) in [6, 6.07) is 11.3. The molecule has 1 aromatic rings. The van der Waals surface area contributed by atoms with Gasteiger partial charge in [-0.1, -0.05) is 30.3 Å². The van der Waals surface area contributed by atoms with Gasteiger partial charge in [0, 0.05) is 51.8 Å². The quantitative estimate of drug-likeness (QED) is 0.522. The summed E-state index contributed by atoms with van der Waals surface area (Å²) in [5.41, 5.74) is 0.488. The monoisotopic (exact) mass is 442 g/mol. The maximum atomic E-state index is 4.12. The lowest BCUT2D eigenvalue weighted by Crippen LogP contribution is -2.80. The summed E-state index contributed by atoms with van der Waals surface area (Å²) in [7, 11) is -0.293. The molecule has 31 heavy (non-hydrogen) atoms. The van der Waals surface area contributed by atoms with Crippen molar-refractivity contribution in [3.63, 3.8) is 0 Å². The molecule has 8 fully saturated rings. The molecule has 0 amide bonds. The van der Waals surface area contributed by atoms with Crippen molar-refractivity contribution in [1.29, 1.82) is 0 Å². The predicted molar refractivity (Wildman–Crippen MR) is 124 cm³/mol. The minimum Gasteiger partial charge on any atom is -0.304 e. The van der Waals surface area contributed by atoms with E-state index >= 15 is 0 Å². The van der Waals surface area contributed by atoms with E-state index in [1.807, 2.05) is 0 Å². The maximum Gasteiger partial charge on any atom is 0.0571 e. The van der Waals surface area contributed by atoms with Gasteiger partial charge >= 0.3 is 0 Å². The summed E-state index contributed by atoms with van der Waals surface area (Å²) in [5.74, 6) is 0. The van der Waals surface area contributed by atoms with Crippen molar-refractivity contribution in [2.45, 2.75) is 11.1 Å². The Bertz CT molecular complexity index is 700. The van der Waals surface area contributed by atoms with Gasteiger partial charge in [0.25, 0.3) is 0 Å². The van der Waals surface area contributed by atoms with Crippen LogP contribution in [0.5, 0.6) is 0 Å². The Balaban J connectivity index is 1.06. The van der Waals surface area contributed by atoms with Crippen LogP contribution in [0.15, 0.2) is 30.3 Å². The average Bonchev–Trinajstić information content (AvgIpc) is 2.72. The van der Waals surface area contributed by atoms with E-state index in [0.29, 0.717) is 0 Å². The fraction of sp³-hybridized carbons (Fsp3) is 0.727. The van der Waals surface area contributed by atoms with Gasteiger partial charge in [0.05, 0.1) is 51.1 Å². The summed E-state index contributed by atoms with van der Waals surface area (Å²) >= 11 is 0. The van der Waals surface area contributed by atoms with Gasteiger partial charge in [-0.15, -0.1) is 0 Å². The van der Waals surface area contributed by atoms with E-state index in [1.165, 1.54) is 44.6 Å². The SMILES string of the molecule is c1ccc(P(CNC23CN4CN(CN(C4)C2)C3)CNC23CN4CN(CN(C4)C2)C3)cc1. The number of nitrogens with zero attached hydrogens (tertiary/aromatic N) is 6. The summed E-state index contributed by atoms with van der Waals surface area (Å²) in [5, 5.41) is 9.76. The van der Waals surface area contributed by atoms with Crippen molar-refractivity contribution in [1.82, 2.24) is 40.0 Å². The van der Waals surface area contributed by atoms with Crippen molar-refractivity contribution >= 4 is 13.2 Å². The topological polar surface area (TPSA) is 43.5 Å². The molecule has 8 nitrogen and oxygen atoms in total. The first kappa shape index (κ1) is 19.8. The molecule has 8 aliphatic rings. The van der Waals surface area contributed by atoms with Gasteiger partial charge in [-0.3, -0.25) is 29.4 Å². The van der Waals surface area contributed by atoms with Crippen molar-refractivity contribution in [3.8, 4) is 0 Å². The lowest BCUT2D eigenvalue weighted by molar-refractivity contribution is -0.149. The van der Waals surface area contributed by atoms with Gasteiger partial charge in [0.1, 0.15) is 0 Å². The van der Waals surface area contributed by atoms with E-state index in [2.05, 4.69) is 70.4 Å². The van der Waals surface area contributed by atoms with Crippen LogP contribution in [0.25, 0.3) is 0 Å². The standard InChI is InChI=1S/C22H35N8P/c1-2-4-20(5-3-1)31(12-23-21-6-25-14-26(7-21)16-27(8-21)15-25)13-24-22-9-28-17-29(10-22)19-30(11-22)18-28/h1-5,23-24H,6-19H2. The van der Waals surface area contributed by atoms with Gasteiger partial charge in [-0.05, 0) is 13.2 Å². The molecule has 0 spiro atoms. The van der Waals surface area contributed by atoms with Crippen LogP contribution in [-0.4, -0.2) is 132 Å². The molecule has 0 atom stereocenters. The molecule has 8 heterocycles. The van der Waals surface area contributed by atoms with Crippen molar-refractivity contribution in [2.75, 3.05) is 91.9 Å². The first-order valence-corrected chi connectivity index (χ1v) is 13.5. The Morgan fingerprint density at radius 1 is 0.581 bits per heavy atom. The van der Waals surface area contributed by atoms with E-state index in [4.69, 9.17) is 0 Å². The highest BCUT2D eigenvalue weighted by Gasteiger charge is 2.50. The highest BCUT2D eigenvalue weighted by molar-refractivity contribution is 7.65. The zero-order valence-electron chi connectivity index (χ0n) is 18.4. The molecule has 1 aromatic carbocycles. The van der Waals surface area contributed by atoms with Crippen LogP contribution in [0.2, 0.25) is 0 Å². The number of benzene rings is 1. The van der Waals surface area contributed by atoms with E-state index < -0.39 is 0 Å². The van der Waals surface area contributed by atoms with E-state index in [-0.39, 0.29) is 19.0 Å². The third-order valence-electron chi connectivity index (χ3n) is 7.97. The van der Waals surface area contributed by atoms with Crippen molar-refractivity contribution in [3.05, 3.63) is 30.3 Å². The zero-order chi connectivity index (χ0) is 20.5. The molecule has 8 saturated heterocycles. The van der Waals surface area contributed by atoms with Crippen LogP contribution in [0.3, 0.4) is 0 Å². The molecule has 0 saturated carbocycles. The van der Waals surface area contributed by atoms with E-state index in [0.717, 1.165) is 52.6 Å². The fourth-order valence-electron chi connectivity index (χ4n) is 7.17. The average molecular weight is 443 g/mol. The second-order valence-corrected chi connectivity index (χ2v) is 13.2. The Morgan fingerprint density at radius 3 is 1.29 bits per heavy atom. The van der Waals surface area contributed by atoms with E-state index in [9.17, 15) is 0 Å². The lowest BCUT2D eigenvalue weighted by atomic mass is 9.91. The van der Waals surface area contributed by atoms with Gasteiger partial charge in [-0.25, -0.2) is 0 Å². The molecule has 168 valence electrons. The number of rotatable bonds is 7. The Kier molecular flexibility index (Phi) is 4.73. The van der Waals surface area contributed by atoms with Crippen molar-refractivity contribution in [2.24, 2.45) is 0 Å². The summed E-state index contributed by atoms with van der Waals surface area (Å²) in [6.07, 6.45) is 2.21. The first-order valence-electron chi connectivity index (χ1n) is 11.8. The molecule has 8 bridgehead atoms. The first-order chi connectivity index (χ1) is 15.1. The Labute approximate surface area is 186 Å². The molecular formula is C22H35N8P. The van der Waals surface area contributed by atoms with Crippen LogP contribution in [0.1, 0.15) is 0 Å². The summed E-state index contributed by atoms with van der Waals surface area (Å²) < 4.78 is 0. The second-order valence-electron chi connectivity index (χ2n) is 10.9. The summed E-state index contributed by atoms with van der Waals surface area (Å²) in [4.78, 5) is 15.7. The number of hydrogen-bond donors (Lipinski definition) is 2. The Morgan fingerprint density at radius 2 is 0.935 bits per heavy atom. The molecule has 9 heteroatoms. The molecule has 2 N–H and O–H groups in total. The third-order valence-corrected chi connectivity index (χ3v) is 10.1. The minimum atomic E-state index is -0.293. The normalized spacial score (nSPS) is 47.7. The minimum absolute atomic E-state index is 0.244. The largest absolute Gasteiger partial charge is 0.304 e. The van der Waals surface area contributed by atoms with Crippen LogP contribution >= 0.6 is 7.92 Å².